The van der Waals surface area contributed by atoms with Gasteiger partial charge >= 0.3 is 0 Å². The lowest BCUT2D eigenvalue weighted by atomic mass is 9.85. The van der Waals surface area contributed by atoms with Gasteiger partial charge in [0.25, 0.3) is 0 Å². The zero-order valence-corrected chi connectivity index (χ0v) is 30.2. The smallest absolute Gasteiger partial charge is 0.161 e. The summed E-state index contributed by atoms with van der Waals surface area (Å²) in [5, 5.41) is 42.2. The maximum Gasteiger partial charge on any atom is 0.161 e. The van der Waals surface area contributed by atoms with Gasteiger partial charge in [0.1, 0.15) is 24.4 Å². The number of aliphatic hydroxyl groups is 2. The van der Waals surface area contributed by atoms with Crippen LogP contribution in [0.1, 0.15) is 74.4 Å². The summed E-state index contributed by atoms with van der Waals surface area (Å²) in [7, 11) is 6.06. The van der Waals surface area contributed by atoms with Gasteiger partial charge in [-0.2, -0.15) is 0 Å². The van der Waals surface area contributed by atoms with Crippen LogP contribution in [0.2, 0.25) is 0 Å². The first kappa shape index (κ1) is 37.4. The molecule has 0 aromatic heterocycles. The maximum atomic E-state index is 10.9. The topological polar surface area (TPSA) is 146 Å². The van der Waals surface area contributed by atoms with Crippen molar-refractivity contribution in [1.29, 1.82) is 0 Å². The van der Waals surface area contributed by atoms with Crippen LogP contribution in [-0.2, 0) is 4.74 Å². The van der Waals surface area contributed by atoms with Crippen LogP contribution in [0.4, 0.5) is 0 Å². The molecular weight excluding hydrogens is 656 g/mol. The number of aromatic hydroxyl groups is 2. The van der Waals surface area contributed by atoms with Gasteiger partial charge in [0.05, 0.1) is 40.6 Å². The Bertz CT molecular complexity index is 1660. The van der Waals surface area contributed by atoms with Crippen LogP contribution >= 0.6 is 0 Å². The highest BCUT2D eigenvalue weighted by Crippen LogP contribution is 2.51. The third-order valence-corrected chi connectivity index (χ3v) is 9.71. The summed E-state index contributed by atoms with van der Waals surface area (Å²) in [6, 6.07) is 20.8. The minimum absolute atomic E-state index is 0.0677. The highest BCUT2D eigenvalue weighted by molar-refractivity contribution is 5.47. The van der Waals surface area contributed by atoms with Crippen molar-refractivity contribution in [2.45, 2.75) is 64.3 Å². The summed E-state index contributed by atoms with van der Waals surface area (Å²) in [6.45, 7) is 7.80. The summed E-state index contributed by atoms with van der Waals surface area (Å²) in [5.41, 5.74) is 2.83. The summed E-state index contributed by atoms with van der Waals surface area (Å²) < 4.78 is 40.6. The molecule has 2 unspecified atom stereocenters. The molecule has 4 aromatic carbocycles. The van der Waals surface area contributed by atoms with Gasteiger partial charge in [0, 0.05) is 0 Å². The Kier molecular flexibility index (Phi) is 11.7. The van der Waals surface area contributed by atoms with Crippen molar-refractivity contribution in [3.05, 3.63) is 95.1 Å². The predicted molar refractivity (Wildman–Crippen MR) is 190 cm³/mol. The third kappa shape index (κ3) is 7.90. The lowest BCUT2D eigenvalue weighted by molar-refractivity contribution is 0.0281. The van der Waals surface area contributed by atoms with E-state index in [2.05, 4.69) is 13.8 Å². The van der Waals surface area contributed by atoms with Crippen molar-refractivity contribution >= 4 is 0 Å². The van der Waals surface area contributed by atoms with E-state index in [1.54, 1.807) is 52.3 Å². The molecule has 0 amide bonds. The Hall–Kier alpha value is -4.84. The van der Waals surface area contributed by atoms with Gasteiger partial charge in [-0.05, 0) is 96.5 Å². The van der Waals surface area contributed by atoms with E-state index in [0.717, 1.165) is 11.1 Å². The van der Waals surface area contributed by atoms with Crippen LogP contribution in [-0.4, -0.2) is 61.1 Å². The summed E-state index contributed by atoms with van der Waals surface area (Å²) >= 11 is 0. The fourth-order valence-electron chi connectivity index (χ4n) is 6.49. The minimum atomic E-state index is -1.02. The van der Waals surface area contributed by atoms with E-state index in [9.17, 15) is 20.4 Å². The summed E-state index contributed by atoms with van der Waals surface area (Å²) in [5.74, 6) is 2.72. The van der Waals surface area contributed by atoms with E-state index in [-0.39, 0.29) is 35.5 Å². The number of benzene rings is 4. The molecule has 0 bridgehead atoms. The number of phenols is 2. The molecule has 0 radical (unpaired) electrons. The van der Waals surface area contributed by atoms with Crippen molar-refractivity contribution in [2.75, 3.05) is 28.4 Å². The number of aliphatic hydroxyl groups excluding tert-OH is 2. The van der Waals surface area contributed by atoms with Crippen molar-refractivity contribution in [1.82, 2.24) is 0 Å². The van der Waals surface area contributed by atoms with Crippen molar-refractivity contribution < 1.29 is 53.6 Å². The van der Waals surface area contributed by atoms with E-state index in [4.69, 9.17) is 33.2 Å². The second-order valence-electron chi connectivity index (χ2n) is 12.9. The molecule has 1 saturated heterocycles. The van der Waals surface area contributed by atoms with Gasteiger partial charge in [-0.25, -0.2) is 0 Å². The molecule has 0 saturated carbocycles. The largest absolute Gasteiger partial charge is 0.504 e. The van der Waals surface area contributed by atoms with Crippen LogP contribution in [0.3, 0.4) is 0 Å². The number of hydrogen-bond acceptors (Lipinski definition) is 11. The Morgan fingerprint density at radius 2 is 0.863 bits per heavy atom. The van der Waals surface area contributed by atoms with Gasteiger partial charge in [-0.15, -0.1) is 0 Å². The molecule has 51 heavy (non-hydrogen) atoms. The standard InChI is InChI=1S/C40H48O11/c1-21-22(2)40(28-12-16-34(36(20-28)48-8)50-24(4)38(44)26-10-14-32(46-6)30(42)18-26)51-39(21)27-11-15-33(35(19-27)47-7)49-23(3)37(43)25-9-13-31(45-5)29(41)17-25/h9-24,37-44H,1-8H3/t21-,22-,23-,24-,37+,38+,39?,40?/m1/s1. The van der Waals surface area contributed by atoms with Crippen LogP contribution in [0, 0.1) is 11.8 Å². The van der Waals surface area contributed by atoms with E-state index in [1.807, 2.05) is 36.4 Å². The number of hydrogen-bond donors (Lipinski definition) is 4. The predicted octanol–water partition coefficient (Wildman–Crippen LogP) is 7.22. The molecule has 0 spiro atoms. The van der Waals surface area contributed by atoms with Gasteiger partial charge in [-0.1, -0.05) is 38.1 Å². The van der Waals surface area contributed by atoms with Gasteiger partial charge in [0.15, 0.2) is 46.0 Å². The molecule has 4 aromatic rings. The fourth-order valence-corrected chi connectivity index (χ4v) is 6.49. The molecule has 1 aliphatic heterocycles. The van der Waals surface area contributed by atoms with Crippen LogP contribution in [0.15, 0.2) is 72.8 Å². The quantitative estimate of drug-likeness (QED) is 0.106. The Morgan fingerprint density at radius 1 is 0.510 bits per heavy atom. The molecule has 1 fully saturated rings. The van der Waals surface area contributed by atoms with Crippen LogP contribution < -0.4 is 28.4 Å². The van der Waals surface area contributed by atoms with Crippen LogP contribution in [0.25, 0.3) is 0 Å². The van der Waals surface area contributed by atoms with E-state index < -0.39 is 24.4 Å². The molecule has 1 aliphatic rings. The first-order valence-electron chi connectivity index (χ1n) is 16.8. The average Bonchev–Trinajstić information content (AvgIpc) is 3.44. The van der Waals surface area contributed by atoms with Crippen molar-refractivity contribution in [3.63, 3.8) is 0 Å². The van der Waals surface area contributed by atoms with Crippen LogP contribution in [0.5, 0.6) is 46.0 Å². The van der Waals surface area contributed by atoms with E-state index >= 15 is 0 Å². The maximum absolute atomic E-state index is 10.9. The Morgan fingerprint density at radius 3 is 1.20 bits per heavy atom. The molecule has 4 N–H and O–H groups in total. The van der Waals surface area contributed by atoms with Crippen molar-refractivity contribution in [2.24, 2.45) is 11.8 Å². The molecule has 0 aliphatic carbocycles. The monoisotopic (exact) mass is 704 g/mol. The minimum Gasteiger partial charge on any atom is -0.504 e. The lowest BCUT2D eigenvalue weighted by Gasteiger charge is -2.24. The number of phenolic OH excluding ortho intramolecular Hbond substituents is 2. The normalized spacial score (nSPS) is 20.9. The van der Waals surface area contributed by atoms with Crippen molar-refractivity contribution in [3.8, 4) is 46.0 Å². The number of methoxy groups -OCH3 is 4. The molecule has 11 heteroatoms. The Balaban J connectivity index is 1.28. The second-order valence-corrected chi connectivity index (χ2v) is 12.9. The lowest BCUT2D eigenvalue weighted by Crippen LogP contribution is -2.22. The van der Waals surface area contributed by atoms with E-state index in [0.29, 0.717) is 45.6 Å². The first-order valence-corrected chi connectivity index (χ1v) is 16.8. The average molecular weight is 705 g/mol. The second kappa shape index (κ2) is 16.0. The first-order chi connectivity index (χ1) is 24.4. The zero-order chi connectivity index (χ0) is 37.0. The zero-order valence-electron chi connectivity index (χ0n) is 30.2. The highest BCUT2D eigenvalue weighted by Gasteiger charge is 2.41. The molecular formula is C40H48O11. The third-order valence-electron chi connectivity index (χ3n) is 9.71. The highest BCUT2D eigenvalue weighted by atomic mass is 16.5. The summed E-state index contributed by atoms with van der Waals surface area (Å²) in [4.78, 5) is 0. The molecule has 5 rings (SSSR count). The number of rotatable bonds is 14. The Labute approximate surface area is 298 Å². The van der Waals surface area contributed by atoms with E-state index in [1.165, 1.54) is 26.4 Å². The molecule has 274 valence electrons. The molecule has 8 atom stereocenters. The summed E-state index contributed by atoms with van der Waals surface area (Å²) in [6.07, 6.45) is -3.83. The number of ether oxygens (including phenoxy) is 7. The fraction of sp³-hybridized carbons (Fsp3) is 0.400. The van der Waals surface area contributed by atoms with Gasteiger partial charge < -0.3 is 53.6 Å². The SMILES string of the molecule is COc1ccc([C@@H](O)[C@@H](C)Oc2ccc(C3OC(c4ccc(O[C@H](C)[C@H](O)c5ccc(OC)c(O)c5)c(OC)c4)[C@H](C)[C@H]3C)cc2OC)cc1O. The molecule has 11 nitrogen and oxygen atoms in total. The molecule has 1 heterocycles. The van der Waals surface area contributed by atoms with Gasteiger partial charge in [-0.3, -0.25) is 0 Å². The van der Waals surface area contributed by atoms with Gasteiger partial charge in [0.2, 0.25) is 0 Å².